The number of hydrogen-bond donors (Lipinski definition) is 1. The molecule has 0 aliphatic rings. The van der Waals surface area contributed by atoms with E-state index in [2.05, 4.69) is 9.71 Å². The molecule has 0 saturated carbocycles. The molecule has 3 rings (SSSR count). The van der Waals surface area contributed by atoms with Gasteiger partial charge in [-0.1, -0.05) is 24.3 Å². The van der Waals surface area contributed by atoms with Crippen LogP contribution in [0.15, 0.2) is 64.9 Å². The quantitative estimate of drug-likeness (QED) is 0.488. The van der Waals surface area contributed by atoms with Crippen LogP contribution in [0.1, 0.15) is 25.1 Å². The van der Waals surface area contributed by atoms with E-state index in [0.717, 1.165) is 5.69 Å². The molecule has 0 spiro atoms. The van der Waals surface area contributed by atoms with E-state index in [4.69, 9.17) is 4.74 Å². The summed E-state index contributed by atoms with van der Waals surface area (Å²) in [4.78, 5) is 19.1. The Bertz CT molecular complexity index is 1220. The number of nitrogens with zero attached hydrogens (tertiary/aromatic N) is 2. The van der Waals surface area contributed by atoms with E-state index >= 15 is 0 Å². The Morgan fingerprint density at radius 1 is 1.19 bits per heavy atom. The first-order chi connectivity index (χ1) is 15.2. The molecule has 0 aliphatic heterocycles. The summed E-state index contributed by atoms with van der Waals surface area (Å²) in [5.41, 5.74) is 2.06. The van der Waals surface area contributed by atoms with Gasteiger partial charge >= 0.3 is 0 Å². The molecule has 1 amide bonds. The Balaban J connectivity index is 1.95. The summed E-state index contributed by atoms with van der Waals surface area (Å²) < 4.78 is 33.2. The van der Waals surface area contributed by atoms with Crippen molar-refractivity contribution in [2.24, 2.45) is 0 Å². The van der Waals surface area contributed by atoms with Gasteiger partial charge in [-0.15, -0.1) is 11.3 Å². The molecule has 0 atom stereocenters. The van der Waals surface area contributed by atoms with Crippen LogP contribution in [-0.4, -0.2) is 32.5 Å². The summed E-state index contributed by atoms with van der Waals surface area (Å²) >= 11 is 1.37. The first kappa shape index (κ1) is 23.6. The fraction of sp³-hybridized carbons (Fsp3) is 0.217. The molecule has 0 unspecified atom stereocenters. The van der Waals surface area contributed by atoms with E-state index in [9.17, 15) is 13.2 Å². The van der Waals surface area contributed by atoms with Gasteiger partial charge in [-0.25, -0.2) is 18.1 Å². The molecule has 9 heteroatoms. The number of amides is 1. The van der Waals surface area contributed by atoms with E-state index in [1.807, 2.05) is 42.6 Å². The van der Waals surface area contributed by atoms with Crippen LogP contribution < -0.4 is 14.4 Å². The van der Waals surface area contributed by atoms with Crippen molar-refractivity contribution in [2.45, 2.75) is 31.7 Å². The van der Waals surface area contributed by atoms with E-state index in [1.54, 1.807) is 32.1 Å². The highest BCUT2D eigenvalue weighted by molar-refractivity contribution is 7.89. The van der Waals surface area contributed by atoms with E-state index < -0.39 is 10.0 Å². The third-order valence-electron chi connectivity index (χ3n) is 4.32. The summed E-state index contributed by atoms with van der Waals surface area (Å²) in [5, 5.41) is 2.44. The summed E-state index contributed by atoms with van der Waals surface area (Å²) in [7, 11) is -2.36. The lowest BCUT2D eigenvalue weighted by atomic mass is 10.2. The lowest BCUT2D eigenvalue weighted by Crippen LogP contribution is -2.30. The average molecular weight is 472 g/mol. The third-order valence-corrected chi connectivity index (χ3v) is 6.94. The van der Waals surface area contributed by atoms with Crippen LogP contribution >= 0.6 is 11.3 Å². The highest BCUT2D eigenvalue weighted by atomic mass is 32.2. The molecule has 0 bridgehead atoms. The van der Waals surface area contributed by atoms with Crippen LogP contribution in [-0.2, 0) is 14.8 Å². The zero-order chi connectivity index (χ0) is 23.3. The molecule has 168 valence electrons. The maximum Gasteiger partial charge on any atom is 0.257 e. The van der Waals surface area contributed by atoms with Crippen LogP contribution in [0.4, 0.5) is 10.8 Å². The molecule has 0 fully saturated rings. The Kier molecular flexibility index (Phi) is 7.44. The molecular weight excluding hydrogens is 446 g/mol. The van der Waals surface area contributed by atoms with Crippen LogP contribution in [0.25, 0.3) is 6.08 Å². The first-order valence-corrected chi connectivity index (χ1v) is 12.3. The molecule has 1 heterocycles. The first-order valence-electron chi connectivity index (χ1n) is 9.91. The fourth-order valence-electron chi connectivity index (χ4n) is 2.98. The minimum absolute atomic E-state index is 0.0127. The summed E-state index contributed by atoms with van der Waals surface area (Å²) in [6.45, 7) is 5.35. The van der Waals surface area contributed by atoms with Gasteiger partial charge in [0.1, 0.15) is 10.6 Å². The van der Waals surface area contributed by atoms with Crippen molar-refractivity contribution in [3.05, 3.63) is 71.2 Å². The lowest BCUT2D eigenvalue weighted by Gasteiger charge is -2.18. The number of carbonyl (C=O) groups is 1. The molecule has 1 aromatic heterocycles. The Hall–Kier alpha value is -3.01. The SMILES string of the molecule is COc1ccc(C=CC(=O)N(c2ccccc2)c2nc(C)cs2)cc1S(=O)(=O)NC(C)C. The number of methoxy groups -OCH3 is 1. The second kappa shape index (κ2) is 10.1. The number of carbonyl (C=O) groups excluding carboxylic acids is 1. The third kappa shape index (κ3) is 5.61. The molecule has 0 aliphatic carbocycles. The van der Waals surface area contributed by atoms with Crippen LogP contribution in [0.5, 0.6) is 5.75 Å². The van der Waals surface area contributed by atoms with E-state index in [0.29, 0.717) is 16.4 Å². The van der Waals surface area contributed by atoms with E-state index in [1.165, 1.54) is 35.5 Å². The van der Waals surface area contributed by atoms with Gasteiger partial charge in [0, 0.05) is 17.5 Å². The molecule has 0 saturated heterocycles. The number of hydrogen-bond acceptors (Lipinski definition) is 6. The number of sulfonamides is 1. The van der Waals surface area contributed by atoms with Crippen molar-refractivity contribution in [1.29, 1.82) is 0 Å². The maximum atomic E-state index is 13.1. The largest absolute Gasteiger partial charge is 0.495 e. The number of benzene rings is 2. The van der Waals surface area contributed by atoms with Crippen molar-refractivity contribution < 1.29 is 17.9 Å². The van der Waals surface area contributed by atoms with Crippen LogP contribution in [0, 0.1) is 6.92 Å². The number of aryl methyl sites for hydroxylation is 1. The molecule has 0 radical (unpaired) electrons. The fourth-order valence-corrected chi connectivity index (χ4v) is 5.26. The van der Waals surface area contributed by atoms with Gasteiger partial charge in [-0.2, -0.15) is 0 Å². The predicted octanol–water partition coefficient (Wildman–Crippen LogP) is 4.52. The maximum absolute atomic E-state index is 13.1. The van der Waals surface area contributed by atoms with Crippen molar-refractivity contribution in [2.75, 3.05) is 12.0 Å². The van der Waals surface area contributed by atoms with E-state index in [-0.39, 0.29) is 22.6 Å². The smallest absolute Gasteiger partial charge is 0.257 e. The Morgan fingerprint density at radius 2 is 1.91 bits per heavy atom. The second-order valence-electron chi connectivity index (χ2n) is 7.30. The number of ether oxygens (including phenoxy) is 1. The summed E-state index contributed by atoms with van der Waals surface area (Å²) in [5.74, 6) is -0.0723. The number of aromatic nitrogens is 1. The zero-order valence-corrected chi connectivity index (χ0v) is 19.9. The highest BCUT2D eigenvalue weighted by Gasteiger charge is 2.21. The van der Waals surface area contributed by atoms with Crippen molar-refractivity contribution >= 4 is 44.2 Å². The number of anilines is 2. The number of thiazole rings is 1. The van der Waals surface area contributed by atoms with Gasteiger partial charge in [0.15, 0.2) is 5.13 Å². The zero-order valence-electron chi connectivity index (χ0n) is 18.3. The van der Waals surface area contributed by atoms with Gasteiger partial charge in [-0.05, 0) is 56.7 Å². The average Bonchev–Trinajstić information content (AvgIpc) is 3.17. The Labute approximate surface area is 192 Å². The molecular formula is C23H25N3O4S2. The van der Waals surface area contributed by atoms with Crippen molar-refractivity contribution in [3.63, 3.8) is 0 Å². The van der Waals surface area contributed by atoms with Gasteiger partial charge in [-0.3, -0.25) is 9.69 Å². The number of nitrogens with one attached hydrogen (secondary N) is 1. The van der Waals surface area contributed by atoms with Crippen molar-refractivity contribution in [1.82, 2.24) is 9.71 Å². The van der Waals surface area contributed by atoms with Gasteiger partial charge < -0.3 is 4.74 Å². The predicted molar refractivity (Wildman–Crippen MR) is 128 cm³/mol. The molecule has 7 nitrogen and oxygen atoms in total. The lowest BCUT2D eigenvalue weighted by molar-refractivity contribution is -0.113. The Morgan fingerprint density at radius 3 is 2.50 bits per heavy atom. The monoisotopic (exact) mass is 471 g/mol. The molecule has 3 aromatic rings. The summed E-state index contributed by atoms with van der Waals surface area (Å²) in [6, 6.07) is 13.7. The van der Waals surface area contributed by atoms with Crippen LogP contribution in [0.3, 0.4) is 0 Å². The standard InChI is InChI=1S/C23H25N3O4S2/c1-16(2)25-32(28,29)21-14-18(10-12-20(21)30-4)11-13-22(27)26(19-8-6-5-7-9-19)23-24-17(3)15-31-23/h5-16,25H,1-4H3. The van der Waals surface area contributed by atoms with Crippen molar-refractivity contribution in [3.8, 4) is 5.75 Å². The van der Waals surface area contributed by atoms with Crippen LogP contribution in [0.2, 0.25) is 0 Å². The molecule has 32 heavy (non-hydrogen) atoms. The minimum Gasteiger partial charge on any atom is -0.495 e. The topological polar surface area (TPSA) is 88.6 Å². The second-order valence-corrected chi connectivity index (χ2v) is 9.82. The van der Waals surface area contributed by atoms with Gasteiger partial charge in [0.25, 0.3) is 5.91 Å². The summed E-state index contributed by atoms with van der Waals surface area (Å²) in [6.07, 6.45) is 2.98. The molecule has 2 aromatic carbocycles. The number of para-hydroxylation sites is 1. The van der Waals surface area contributed by atoms with Gasteiger partial charge in [0.05, 0.1) is 18.5 Å². The van der Waals surface area contributed by atoms with Gasteiger partial charge in [0.2, 0.25) is 10.0 Å². The normalized spacial score (nSPS) is 11.8. The minimum atomic E-state index is -3.78. The highest BCUT2D eigenvalue weighted by Crippen LogP contribution is 2.29. The molecule has 1 N–H and O–H groups in total. The number of rotatable bonds is 8.